The molecule has 0 aromatic carbocycles. The van der Waals surface area contributed by atoms with Crippen molar-refractivity contribution in [1.29, 1.82) is 0 Å². The molecule has 1 fully saturated rings. The third-order valence-electron chi connectivity index (χ3n) is 3.75. The highest BCUT2D eigenvalue weighted by Gasteiger charge is 2.38. The van der Waals surface area contributed by atoms with Crippen molar-refractivity contribution in [3.63, 3.8) is 0 Å². The molecule has 2 heterocycles. The number of rotatable bonds is 5. The van der Waals surface area contributed by atoms with E-state index >= 15 is 0 Å². The molecule has 6 heteroatoms. The number of hydrogen-bond acceptors (Lipinski definition) is 5. The summed E-state index contributed by atoms with van der Waals surface area (Å²) in [7, 11) is 0. The quantitative estimate of drug-likeness (QED) is 0.836. The average molecular weight is 266 g/mol. The van der Waals surface area contributed by atoms with E-state index in [2.05, 4.69) is 27.7 Å². The van der Waals surface area contributed by atoms with Crippen LogP contribution in [0.3, 0.4) is 0 Å². The molecule has 0 bridgehead atoms. The molecule has 1 aliphatic heterocycles. The van der Waals surface area contributed by atoms with Crippen LogP contribution in [0.1, 0.15) is 44.3 Å². The van der Waals surface area contributed by atoms with Crippen LogP contribution in [0.25, 0.3) is 0 Å². The largest absolute Gasteiger partial charge is 0.348 e. The van der Waals surface area contributed by atoms with Gasteiger partial charge in [0.05, 0.1) is 12.0 Å². The number of nitrogens with zero attached hydrogens (tertiary/aromatic N) is 2. The van der Waals surface area contributed by atoms with Crippen LogP contribution in [-0.4, -0.2) is 29.1 Å². The minimum Gasteiger partial charge on any atom is -0.348 e. The van der Waals surface area contributed by atoms with Gasteiger partial charge in [-0.05, 0) is 32.4 Å². The first-order valence-electron chi connectivity index (χ1n) is 6.94. The third-order valence-corrected chi connectivity index (χ3v) is 3.75. The lowest BCUT2D eigenvalue weighted by atomic mass is 9.74. The van der Waals surface area contributed by atoms with Gasteiger partial charge in [-0.2, -0.15) is 4.98 Å². The summed E-state index contributed by atoms with van der Waals surface area (Å²) in [6.07, 6.45) is 3.76. The van der Waals surface area contributed by atoms with Gasteiger partial charge in [-0.15, -0.1) is 0 Å². The summed E-state index contributed by atoms with van der Waals surface area (Å²) in [5.41, 5.74) is -0.223. The number of carbonyl (C=O) groups excluding carboxylic acids is 1. The number of amides is 1. The molecule has 0 radical (unpaired) electrons. The molecule has 106 valence electrons. The van der Waals surface area contributed by atoms with Crippen LogP contribution in [-0.2, 0) is 11.3 Å². The second kappa shape index (κ2) is 6.14. The van der Waals surface area contributed by atoms with E-state index in [0.717, 1.165) is 38.8 Å². The Kier molecular flexibility index (Phi) is 4.52. The summed E-state index contributed by atoms with van der Waals surface area (Å²) in [6.45, 7) is 6.03. The summed E-state index contributed by atoms with van der Waals surface area (Å²) < 4.78 is 4.89. The summed E-state index contributed by atoms with van der Waals surface area (Å²) in [5, 5.41) is 10.1. The van der Waals surface area contributed by atoms with E-state index in [9.17, 15) is 4.79 Å². The Labute approximate surface area is 113 Å². The van der Waals surface area contributed by atoms with E-state index in [-0.39, 0.29) is 11.3 Å². The van der Waals surface area contributed by atoms with Gasteiger partial charge in [0.25, 0.3) is 0 Å². The molecule has 2 rings (SSSR count). The Bertz CT molecular complexity index is 419. The molecule has 1 aromatic rings. The molecule has 0 aliphatic carbocycles. The van der Waals surface area contributed by atoms with Crippen molar-refractivity contribution in [3.8, 4) is 0 Å². The number of carbonyl (C=O) groups is 1. The Balaban J connectivity index is 1.95. The van der Waals surface area contributed by atoms with Crippen molar-refractivity contribution in [1.82, 2.24) is 20.8 Å². The fourth-order valence-corrected chi connectivity index (χ4v) is 2.73. The first-order valence-corrected chi connectivity index (χ1v) is 6.94. The van der Waals surface area contributed by atoms with Gasteiger partial charge in [0.15, 0.2) is 5.82 Å². The van der Waals surface area contributed by atoms with E-state index < -0.39 is 0 Å². The first kappa shape index (κ1) is 14.0. The average Bonchev–Trinajstić information content (AvgIpc) is 2.83. The Morgan fingerprint density at radius 2 is 2.21 bits per heavy atom. The zero-order chi connectivity index (χ0) is 13.7. The van der Waals surface area contributed by atoms with Crippen molar-refractivity contribution in [2.75, 3.05) is 13.1 Å². The van der Waals surface area contributed by atoms with Gasteiger partial charge in [0, 0.05) is 6.92 Å². The highest BCUT2D eigenvalue weighted by atomic mass is 16.5. The fraction of sp³-hybridized carbons (Fsp3) is 0.769. The zero-order valence-electron chi connectivity index (χ0n) is 11.7. The van der Waals surface area contributed by atoms with Crippen LogP contribution in [0.5, 0.6) is 0 Å². The lowest BCUT2D eigenvalue weighted by Gasteiger charge is -2.36. The van der Waals surface area contributed by atoms with Gasteiger partial charge in [-0.3, -0.25) is 4.79 Å². The lowest BCUT2D eigenvalue weighted by molar-refractivity contribution is -0.133. The highest BCUT2D eigenvalue weighted by Crippen LogP contribution is 2.34. The smallest absolute Gasteiger partial charge is 0.226 e. The normalized spacial score (nSPS) is 18.2. The number of aromatic nitrogens is 2. The van der Waals surface area contributed by atoms with Gasteiger partial charge in [-0.1, -0.05) is 18.5 Å². The molecular formula is C13H22N4O2. The SMILES string of the molecule is CCCC1(C(=O)NCc2noc(C)n2)CCNCC1. The molecule has 19 heavy (non-hydrogen) atoms. The monoisotopic (exact) mass is 266 g/mol. The molecule has 1 aromatic heterocycles. The van der Waals surface area contributed by atoms with Crippen LogP contribution in [0, 0.1) is 12.3 Å². The van der Waals surface area contributed by atoms with Crippen LogP contribution in [0.2, 0.25) is 0 Å². The van der Waals surface area contributed by atoms with Crippen LogP contribution in [0.15, 0.2) is 4.52 Å². The number of piperidine rings is 1. The molecule has 2 N–H and O–H groups in total. The maximum atomic E-state index is 12.5. The molecule has 6 nitrogen and oxygen atoms in total. The van der Waals surface area contributed by atoms with Crippen molar-refractivity contribution >= 4 is 5.91 Å². The van der Waals surface area contributed by atoms with E-state index in [1.165, 1.54) is 0 Å². The molecule has 1 amide bonds. The third kappa shape index (κ3) is 3.32. The summed E-state index contributed by atoms with van der Waals surface area (Å²) in [6, 6.07) is 0. The van der Waals surface area contributed by atoms with Crippen molar-refractivity contribution < 1.29 is 9.32 Å². The van der Waals surface area contributed by atoms with Crippen LogP contribution >= 0.6 is 0 Å². The van der Waals surface area contributed by atoms with Crippen molar-refractivity contribution in [2.45, 2.75) is 46.1 Å². The van der Waals surface area contributed by atoms with Gasteiger partial charge in [0.2, 0.25) is 11.8 Å². The standard InChI is InChI=1S/C13H22N4O2/c1-3-4-13(5-7-14-8-6-13)12(18)15-9-11-16-10(2)19-17-11/h14H,3-9H2,1-2H3,(H,15,18). The Morgan fingerprint density at radius 1 is 1.47 bits per heavy atom. The minimum absolute atomic E-state index is 0.123. The van der Waals surface area contributed by atoms with Gasteiger partial charge in [-0.25, -0.2) is 0 Å². The topological polar surface area (TPSA) is 80.1 Å². The number of nitrogens with one attached hydrogen (secondary N) is 2. The second-order valence-electron chi connectivity index (χ2n) is 5.19. The highest BCUT2D eigenvalue weighted by molar-refractivity contribution is 5.82. The van der Waals surface area contributed by atoms with Gasteiger partial charge in [0.1, 0.15) is 0 Å². The predicted octanol–water partition coefficient (Wildman–Crippen LogP) is 1.16. The summed E-state index contributed by atoms with van der Waals surface area (Å²) >= 11 is 0. The van der Waals surface area contributed by atoms with E-state index in [1.807, 2.05) is 0 Å². The molecule has 0 atom stereocenters. The molecule has 1 saturated heterocycles. The minimum atomic E-state index is -0.223. The van der Waals surface area contributed by atoms with E-state index in [0.29, 0.717) is 18.3 Å². The fourth-order valence-electron chi connectivity index (χ4n) is 2.73. The van der Waals surface area contributed by atoms with Gasteiger partial charge >= 0.3 is 0 Å². The molecule has 0 spiro atoms. The first-order chi connectivity index (χ1) is 9.16. The van der Waals surface area contributed by atoms with Crippen LogP contribution < -0.4 is 10.6 Å². The van der Waals surface area contributed by atoms with E-state index in [1.54, 1.807) is 6.92 Å². The number of aryl methyl sites for hydroxylation is 1. The molecule has 1 aliphatic rings. The summed E-state index contributed by atoms with van der Waals surface area (Å²) in [5.74, 6) is 1.18. The van der Waals surface area contributed by atoms with Crippen molar-refractivity contribution in [3.05, 3.63) is 11.7 Å². The zero-order valence-corrected chi connectivity index (χ0v) is 11.7. The maximum absolute atomic E-state index is 12.5. The second-order valence-corrected chi connectivity index (χ2v) is 5.19. The van der Waals surface area contributed by atoms with Crippen molar-refractivity contribution in [2.24, 2.45) is 5.41 Å². The Morgan fingerprint density at radius 3 is 2.79 bits per heavy atom. The Hall–Kier alpha value is -1.43. The lowest BCUT2D eigenvalue weighted by Crippen LogP contribution is -2.47. The molecular weight excluding hydrogens is 244 g/mol. The van der Waals surface area contributed by atoms with Crippen LogP contribution in [0.4, 0.5) is 0 Å². The predicted molar refractivity (Wildman–Crippen MR) is 70.3 cm³/mol. The van der Waals surface area contributed by atoms with Gasteiger partial charge < -0.3 is 15.2 Å². The molecule has 0 unspecified atom stereocenters. The number of hydrogen-bond donors (Lipinski definition) is 2. The molecule has 0 saturated carbocycles. The summed E-state index contributed by atoms with van der Waals surface area (Å²) in [4.78, 5) is 16.6. The van der Waals surface area contributed by atoms with E-state index in [4.69, 9.17) is 4.52 Å². The maximum Gasteiger partial charge on any atom is 0.226 e.